The third kappa shape index (κ3) is 2.94. The molecule has 116 valence electrons. The predicted octanol–water partition coefficient (Wildman–Crippen LogP) is 3.30. The number of anilines is 1. The standard InChI is InChI=1S/C17H20N4O.H2/c1-17(2,11-22)10-20-15-5-3-4-14(21-15)12-6-8-18-16-13(12)7-9-19-16;/h3-9,22H,10-11H2,1-2H3,(H,18,19)(H,20,21);1H. The number of aromatic amines is 1. The van der Waals surface area contributed by atoms with Crippen molar-refractivity contribution < 1.29 is 6.53 Å². The Hall–Kier alpha value is -2.40. The van der Waals surface area contributed by atoms with Crippen LogP contribution in [0.2, 0.25) is 0 Å². The van der Waals surface area contributed by atoms with Gasteiger partial charge in [-0.2, -0.15) is 0 Å². The highest BCUT2D eigenvalue weighted by Gasteiger charge is 2.16. The molecule has 0 saturated heterocycles. The Morgan fingerprint density at radius 2 is 2.14 bits per heavy atom. The summed E-state index contributed by atoms with van der Waals surface area (Å²) in [5.41, 5.74) is 2.64. The van der Waals surface area contributed by atoms with Gasteiger partial charge in [0.2, 0.25) is 0 Å². The van der Waals surface area contributed by atoms with Crippen LogP contribution in [0.15, 0.2) is 42.7 Å². The average Bonchev–Trinajstić information content (AvgIpc) is 3.02. The lowest BCUT2D eigenvalue weighted by Gasteiger charge is -2.22. The number of aliphatic hydroxyl groups excluding tert-OH is 1. The van der Waals surface area contributed by atoms with Crippen molar-refractivity contribution in [3.63, 3.8) is 0 Å². The van der Waals surface area contributed by atoms with E-state index in [1.165, 1.54) is 0 Å². The van der Waals surface area contributed by atoms with Crippen LogP contribution in [0.3, 0.4) is 0 Å². The van der Waals surface area contributed by atoms with E-state index in [0.717, 1.165) is 28.1 Å². The van der Waals surface area contributed by atoms with Crippen LogP contribution < -0.4 is 5.32 Å². The highest BCUT2D eigenvalue weighted by atomic mass is 16.3. The minimum absolute atomic E-state index is 0. The first kappa shape index (κ1) is 14.5. The van der Waals surface area contributed by atoms with Crippen LogP contribution in [-0.2, 0) is 0 Å². The summed E-state index contributed by atoms with van der Waals surface area (Å²) >= 11 is 0. The molecule has 0 saturated carbocycles. The van der Waals surface area contributed by atoms with E-state index in [-0.39, 0.29) is 13.4 Å². The Kier molecular flexibility index (Phi) is 3.81. The lowest BCUT2D eigenvalue weighted by Crippen LogP contribution is -2.27. The summed E-state index contributed by atoms with van der Waals surface area (Å²) in [6.45, 7) is 4.82. The van der Waals surface area contributed by atoms with Gasteiger partial charge in [-0.1, -0.05) is 19.9 Å². The van der Waals surface area contributed by atoms with Crippen LogP contribution in [0, 0.1) is 5.41 Å². The van der Waals surface area contributed by atoms with Crippen molar-refractivity contribution in [2.24, 2.45) is 5.41 Å². The molecule has 0 spiro atoms. The summed E-state index contributed by atoms with van der Waals surface area (Å²) < 4.78 is 0. The highest BCUT2D eigenvalue weighted by Crippen LogP contribution is 2.26. The molecule has 0 radical (unpaired) electrons. The second kappa shape index (κ2) is 5.77. The van der Waals surface area contributed by atoms with Gasteiger partial charge in [0.1, 0.15) is 11.5 Å². The molecule has 3 rings (SSSR count). The highest BCUT2D eigenvalue weighted by molar-refractivity contribution is 5.91. The zero-order valence-electron chi connectivity index (χ0n) is 12.8. The lowest BCUT2D eigenvalue weighted by molar-refractivity contribution is 0.170. The minimum atomic E-state index is -0.178. The van der Waals surface area contributed by atoms with Crippen molar-refractivity contribution in [1.82, 2.24) is 15.0 Å². The Bertz CT molecular complexity index is 785. The van der Waals surface area contributed by atoms with Gasteiger partial charge in [0.15, 0.2) is 0 Å². The SMILES string of the molecule is CC(C)(CO)CNc1cccc(-c2ccnc3[nH]ccc23)n1.[HH]. The first-order valence-corrected chi connectivity index (χ1v) is 7.33. The summed E-state index contributed by atoms with van der Waals surface area (Å²) in [4.78, 5) is 12.1. The number of H-pyrrole nitrogens is 1. The number of fused-ring (bicyclic) bond motifs is 1. The van der Waals surface area contributed by atoms with Gasteiger partial charge in [-0.15, -0.1) is 0 Å². The lowest BCUT2D eigenvalue weighted by atomic mass is 9.95. The molecule has 0 aliphatic rings. The van der Waals surface area contributed by atoms with Gasteiger partial charge in [-0.25, -0.2) is 9.97 Å². The number of hydrogen-bond acceptors (Lipinski definition) is 4. The first-order chi connectivity index (χ1) is 10.6. The third-order valence-electron chi connectivity index (χ3n) is 3.66. The number of aliphatic hydroxyl groups is 1. The normalized spacial score (nSPS) is 11.8. The molecule has 0 aromatic carbocycles. The number of nitrogens with one attached hydrogen (secondary N) is 2. The summed E-state index contributed by atoms with van der Waals surface area (Å²) in [6, 6.07) is 9.89. The van der Waals surface area contributed by atoms with Crippen LogP contribution >= 0.6 is 0 Å². The maximum atomic E-state index is 9.33. The molecule has 3 aromatic rings. The maximum absolute atomic E-state index is 9.33. The van der Waals surface area contributed by atoms with E-state index >= 15 is 0 Å². The molecule has 3 N–H and O–H groups in total. The summed E-state index contributed by atoms with van der Waals surface area (Å²) in [5.74, 6) is 0.805. The van der Waals surface area contributed by atoms with Crippen LogP contribution in [0.5, 0.6) is 0 Å². The zero-order valence-corrected chi connectivity index (χ0v) is 12.8. The predicted molar refractivity (Wildman–Crippen MR) is 90.8 cm³/mol. The van der Waals surface area contributed by atoms with Gasteiger partial charge in [-0.05, 0) is 24.3 Å². The molecule has 0 bridgehead atoms. The number of rotatable bonds is 5. The largest absolute Gasteiger partial charge is 0.396 e. The second-order valence-electron chi connectivity index (χ2n) is 6.18. The van der Waals surface area contributed by atoms with E-state index in [1.54, 1.807) is 6.20 Å². The van der Waals surface area contributed by atoms with Crippen molar-refractivity contribution in [2.75, 3.05) is 18.5 Å². The molecular weight excluding hydrogens is 276 g/mol. The molecule has 5 heteroatoms. The number of nitrogens with zero attached hydrogens (tertiary/aromatic N) is 2. The van der Waals surface area contributed by atoms with Gasteiger partial charge >= 0.3 is 0 Å². The molecule has 0 atom stereocenters. The monoisotopic (exact) mass is 298 g/mol. The average molecular weight is 298 g/mol. The van der Waals surface area contributed by atoms with Crippen molar-refractivity contribution in [2.45, 2.75) is 13.8 Å². The Morgan fingerprint density at radius 1 is 1.27 bits per heavy atom. The summed E-state index contributed by atoms with van der Waals surface area (Å²) in [6.07, 6.45) is 3.66. The fourth-order valence-corrected chi connectivity index (χ4v) is 2.25. The van der Waals surface area contributed by atoms with Crippen molar-refractivity contribution in [3.05, 3.63) is 42.7 Å². The molecule has 0 aliphatic carbocycles. The molecule has 3 heterocycles. The first-order valence-electron chi connectivity index (χ1n) is 7.33. The molecule has 0 fully saturated rings. The number of pyridine rings is 2. The Morgan fingerprint density at radius 3 is 2.95 bits per heavy atom. The molecule has 3 aromatic heterocycles. The molecule has 0 unspecified atom stereocenters. The third-order valence-corrected chi connectivity index (χ3v) is 3.66. The van der Waals surface area contributed by atoms with Gasteiger partial charge in [0.25, 0.3) is 0 Å². The minimum Gasteiger partial charge on any atom is -0.396 e. The smallest absolute Gasteiger partial charge is 0.137 e. The van der Waals surface area contributed by atoms with Crippen molar-refractivity contribution in [3.8, 4) is 11.3 Å². The maximum Gasteiger partial charge on any atom is 0.137 e. The van der Waals surface area contributed by atoms with E-state index < -0.39 is 0 Å². The fraction of sp³-hybridized carbons (Fsp3) is 0.294. The van der Waals surface area contributed by atoms with E-state index in [1.807, 2.05) is 50.4 Å². The molecular formula is C17H22N4O. The molecule has 5 nitrogen and oxygen atoms in total. The molecule has 0 amide bonds. The van der Waals surface area contributed by atoms with Crippen LogP contribution in [0.4, 0.5) is 5.82 Å². The van der Waals surface area contributed by atoms with E-state index in [0.29, 0.717) is 6.54 Å². The van der Waals surface area contributed by atoms with Gasteiger partial charge in [-0.3, -0.25) is 0 Å². The van der Waals surface area contributed by atoms with Crippen LogP contribution in [0.25, 0.3) is 22.3 Å². The number of hydrogen-bond donors (Lipinski definition) is 3. The van der Waals surface area contributed by atoms with Gasteiger partial charge in [0.05, 0.1) is 5.69 Å². The van der Waals surface area contributed by atoms with Gasteiger partial charge < -0.3 is 15.4 Å². The van der Waals surface area contributed by atoms with Gasteiger partial charge in [0, 0.05) is 43.3 Å². The fourth-order valence-electron chi connectivity index (χ4n) is 2.25. The second-order valence-corrected chi connectivity index (χ2v) is 6.18. The quantitative estimate of drug-likeness (QED) is 0.675. The molecule has 22 heavy (non-hydrogen) atoms. The van der Waals surface area contributed by atoms with Crippen molar-refractivity contribution >= 4 is 16.9 Å². The van der Waals surface area contributed by atoms with E-state index in [2.05, 4.69) is 20.3 Å². The summed E-state index contributed by atoms with van der Waals surface area (Å²) in [7, 11) is 0. The van der Waals surface area contributed by atoms with E-state index in [9.17, 15) is 5.11 Å². The summed E-state index contributed by atoms with van der Waals surface area (Å²) in [5, 5.41) is 13.7. The van der Waals surface area contributed by atoms with E-state index in [4.69, 9.17) is 0 Å². The van der Waals surface area contributed by atoms with Crippen molar-refractivity contribution in [1.29, 1.82) is 0 Å². The Labute approximate surface area is 130 Å². The Balaban J connectivity index is 0.00000192. The number of aromatic nitrogens is 3. The van der Waals surface area contributed by atoms with Crippen LogP contribution in [-0.4, -0.2) is 33.2 Å². The topological polar surface area (TPSA) is 73.8 Å². The zero-order chi connectivity index (χ0) is 15.6. The molecule has 0 aliphatic heterocycles. The van der Waals surface area contributed by atoms with Crippen LogP contribution in [0.1, 0.15) is 15.3 Å².